The minimum Gasteiger partial charge on any atom is -0.497 e. The van der Waals surface area contributed by atoms with Gasteiger partial charge in [-0.3, -0.25) is 0 Å². The molecule has 0 saturated carbocycles. The standard InChI is InChI=1S/C15H16FNO/c1-11(14-8-3-4-9-15(14)16)17-12-6-5-7-13(10-12)18-2/h3-11,17H,1-2H3. The van der Waals surface area contributed by atoms with Gasteiger partial charge in [-0.1, -0.05) is 24.3 Å². The van der Waals surface area contributed by atoms with Crippen LogP contribution in [0.25, 0.3) is 0 Å². The van der Waals surface area contributed by atoms with E-state index in [0.29, 0.717) is 5.56 Å². The Labute approximate surface area is 106 Å². The highest BCUT2D eigenvalue weighted by atomic mass is 19.1. The van der Waals surface area contributed by atoms with Crippen LogP contribution in [0, 0.1) is 5.82 Å². The summed E-state index contributed by atoms with van der Waals surface area (Å²) < 4.78 is 18.8. The second-order valence-electron chi connectivity index (χ2n) is 4.12. The second-order valence-corrected chi connectivity index (χ2v) is 4.12. The Morgan fingerprint density at radius 2 is 1.89 bits per heavy atom. The summed E-state index contributed by atoms with van der Waals surface area (Å²) in [7, 11) is 1.62. The lowest BCUT2D eigenvalue weighted by Gasteiger charge is -2.16. The summed E-state index contributed by atoms with van der Waals surface area (Å²) in [6, 6.07) is 14.3. The molecule has 2 nitrogen and oxygen atoms in total. The van der Waals surface area contributed by atoms with E-state index in [1.165, 1.54) is 6.07 Å². The van der Waals surface area contributed by atoms with Crippen molar-refractivity contribution < 1.29 is 9.13 Å². The molecule has 94 valence electrons. The van der Waals surface area contributed by atoms with Crippen molar-refractivity contribution in [3.05, 3.63) is 59.9 Å². The van der Waals surface area contributed by atoms with E-state index >= 15 is 0 Å². The lowest BCUT2D eigenvalue weighted by Crippen LogP contribution is -2.08. The fourth-order valence-corrected chi connectivity index (χ4v) is 1.87. The van der Waals surface area contributed by atoms with E-state index in [2.05, 4.69) is 5.32 Å². The third-order valence-corrected chi connectivity index (χ3v) is 2.82. The Balaban J connectivity index is 2.16. The van der Waals surface area contributed by atoms with E-state index in [1.54, 1.807) is 19.2 Å². The lowest BCUT2D eigenvalue weighted by molar-refractivity contribution is 0.415. The minimum atomic E-state index is -0.194. The Morgan fingerprint density at radius 1 is 1.11 bits per heavy atom. The molecule has 1 unspecified atom stereocenters. The van der Waals surface area contributed by atoms with Crippen LogP contribution in [0.3, 0.4) is 0 Å². The summed E-state index contributed by atoms with van der Waals surface area (Å²) in [5, 5.41) is 3.25. The smallest absolute Gasteiger partial charge is 0.128 e. The Morgan fingerprint density at radius 3 is 2.61 bits per heavy atom. The molecule has 0 radical (unpaired) electrons. The van der Waals surface area contributed by atoms with Crippen LogP contribution in [0.15, 0.2) is 48.5 Å². The first-order valence-electron chi connectivity index (χ1n) is 5.85. The number of hydrogen-bond donors (Lipinski definition) is 1. The average Bonchev–Trinajstić information content (AvgIpc) is 2.39. The first kappa shape index (κ1) is 12.4. The number of methoxy groups -OCH3 is 1. The second kappa shape index (κ2) is 5.54. The zero-order valence-corrected chi connectivity index (χ0v) is 10.5. The van der Waals surface area contributed by atoms with E-state index in [1.807, 2.05) is 37.3 Å². The van der Waals surface area contributed by atoms with E-state index in [4.69, 9.17) is 4.74 Å². The zero-order chi connectivity index (χ0) is 13.0. The third-order valence-electron chi connectivity index (χ3n) is 2.82. The molecule has 18 heavy (non-hydrogen) atoms. The van der Waals surface area contributed by atoms with Crippen molar-refractivity contribution in [2.45, 2.75) is 13.0 Å². The molecule has 1 N–H and O–H groups in total. The van der Waals surface area contributed by atoms with Gasteiger partial charge in [0.15, 0.2) is 0 Å². The van der Waals surface area contributed by atoms with E-state index in [-0.39, 0.29) is 11.9 Å². The molecule has 2 rings (SSSR count). The van der Waals surface area contributed by atoms with Crippen LogP contribution in [0.2, 0.25) is 0 Å². The van der Waals surface area contributed by atoms with Crippen molar-refractivity contribution in [2.24, 2.45) is 0 Å². The molecule has 0 aliphatic rings. The normalized spacial score (nSPS) is 11.9. The van der Waals surface area contributed by atoms with Crippen molar-refractivity contribution in [3.8, 4) is 5.75 Å². The fraction of sp³-hybridized carbons (Fsp3) is 0.200. The summed E-state index contributed by atoms with van der Waals surface area (Å²) >= 11 is 0. The maximum Gasteiger partial charge on any atom is 0.128 e. The summed E-state index contributed by atoms with van der Waals surface area (Å²) in [6.07, 6.45) is 0. The third kappa shape index (κ3) is 2.80. The number of hydrogen-bond acceptors (Lipinski definition) is 2. The molecular weight excluding hydrogens is 229 g/mol. The molecule has 0 aliphatic carbocycles. The van der Waals surface area contributed by atoms with Gasteiger partial charge in [-0.15, -0.1) is 0 Å². The topological polar surface area (TPSA) is 21.3 Å². The van der Waals surface area contributed by atoms with Gasteiger partial charge < -0.3 is 10.1 Å². The van der Waals surface area contributed by atoms with Gasteiger partial charge in [-0.2, -0.15) is 0 Å². The molecule has 0 aromatic heterocycles. The molecule has 2 aromatic carbocycles. The van der Waals surface area contributed by atoms with Gasteiger partial charge >= 0.3 is 0 Å². The maximum atomic E-state index is 13.6. The van der Waals surface area contributed by atoms with Crippen molar-refractivity contribution in [1.29, 1.82) is 0 Å². The fourth-order valence-electron chi connectivity index (χ4n) is 1.87. The van der Waals surface area contributed by atoms with Crippen LogP contribution >= 0.6 is 0 Å². The molecule has 0 fully saturated rings. The largest absolute Gasteiger partial charge is 0.497 e. The van der Waals surface area contributed by atoms with Crippen LogP contribution < -0.4 is 10.1 Å². The van der Waals surface area contributed by atoms with Crippen LogP contribution in [0.5, 0.6) is 5.75 Å². The number of ether oxygens (including phenoxy) is 1. The van der Waals surface area contributed by atoms with Crippen molar-refractivity contribution in [3.63, 3.8) is 0 Å². The Kier molecular flexibility index (Phi) is 3.82. The van der Waals surface area contributed by atoms with Crippen LogP contribution in [-0.4, -0.2) is 7.11 Å². The summed E-state index contributed by atoms with van der Waals surface area (Å²) in [4.78, 5) is 0. The van der Waals surface area contributed by atoms with Gasteiger partial charge in [-0.25, -0.2) is 4.39 Å². The first-order chi connectivity index (χ1) is 8.70. The molecule has 3 heteroatoms. The maximum absolute atomic E-state index is 13.6. The average molecular weight is 245 g/mol. The monoisotopic (exact) mass is 245 g/mol. The lowest BCUT2D eigenvalue weighted by atomic mass is 10.1. The molecule has 0 aliphatic heterocycles. The highest BCUT2D eigenvalue weighted by molar-refractivity contribution is 5.49. The highest BCUT2D eigenvalue weighted by Gasteiger charge is 2.09. The molecule has 1 atom stereocenters. The summed E-state index contributed by atoms with van der Waals surface area (Å²) in [5.74, 6) is 0.584. The molecule has 0 amide bonds. The van der Waals surface area contributed by atoms with Crippen LogP contribution in [-0.2, 0) is 0 Å². The molecule has 0 heterocycles. The van der Waals surface area contributed by atoms with Gasteiger partial charge in [0.25, 0.3) is 0 Å². The van der Waals surface area contributed by atoms with Crippen LogP contribution in [0.4, 0.5) is 10.1 Å². The number of rotatable bonds is 4. The first-order valence-corrected chi connectivity index (χ1v) is 5.85. The Bertz CT molecular complexity index is 527. The van der Waals surface area contributed by atoms with Crippen molar-refractivity contribution in [1.82, 2.24) is 0 Å². The number of halogens is 1. The van der Waals surface area contributed by atoms with Gasteiger partial charge in [0, 0.05) is 17.3 Å². The van der Waals surface area contributed by atoms with Crippen LogP contribution in [0.1, 0.15) is 18.5 Å². The van der Waals surface area contributed by atoms with Gasteiger partial charge in [0.1, 0.15) is 11.6 Å². The zero-order valence-electron chi connectivity index (χ0n) is 10.5. The molecule has 0 spiro atoms. The number of benzene rings is 2. The number of nitrogens with one attached hydrogen (secondary N) is 1. The van der Waals surface area contributed by atoms with E-state index < -0.39 is 0 Å². The molecular formula is C15H16FNO. The van der Waals surface area contributed by atoms with Gasteiger partial charge in [-0.05, 0) is 25.1 Å². The quantitative estimate of drug-likeness (QED) is 0.878. The van der Waals surface area contributed by atoms with E-state index in [0.717, 1.165) is 11.4 Å². The van der Waals surface area contributed by atoms with Crippen molar-refractivity contribution in [2.75, 3.05) is 12.4 Å². The van der Waals surface area contributed by atoms with Gasteiger partial charge in [0.05, 0.1) is 13.2 Å². The van der Waals surface area contributed by atoms with Crippen molar-refractivity contribution >= 4 is 5.69 Å². The summed E-state index contributed by atoms with van der Waals surface area (Å²) in [6.45, 7) is 1.93. The predicted molar refractivity (Wildman–Crippen MR) is 71.4 cm³/mol. The molecule has 0 saturated heterocycles. The minimum absolute atomic E-state index is 0.0988. The Hall–Kier alpha value is -2.03. The molecule has 2 aromatic rings. The van der Waals surface area contributed by atoms with E-state index in [9.17, 15) is 4.39 Å². The van der Waals surface area contributed by atoms with Gasteiger partial charge in [0.2, 0.25) is 0 Å². The molecule has 0 bridgehead atoms. The summed E-state index contributed by atoms with van der Waals surface area (Å²) in [5.41, 5.74) is 1.56. The predicted octanol–water partition coefficient (Wildman–Crippen LogP) is 4.01. The number of anilines is 1. The SMILES string of the molecule is COc1cccc(NC(C)c2ccccc2F)c1. The highest BCUT2D eigenvalue weighted by Crippen LogP contribution is 2.23.